The minimum atomic E-state index is -0.275. The van der Waals surface area contributed by atoms with Crippen LogP contribution in [0.1, 0.15) is 68.9 Å². The van der Waals surface area contributed by atoms with Crippen molar-refractivity contribution in [2.24, 2.45) is 22.4 Å². The van der Waals surface area contributed by atoms with E-state index in [0.717, 1.165) is 44.1 Å². The molecule has 1 aromatic rings. The molecule has 0 radical (unpaired) electrons. The Balaban J connectivity index is 1.65. The first-order chi connectivity index (χ1) is 16.0. The number of ether oxygens (including phenoxy) is 2. The second kappa shape index (κ2) is 8.52. The molecule has 2 fully saturated rings. The molecule has 0 spiro atoms. The van der Waals surface area contributed by atoms with Crippen molar-refractivity contribution in [1.82, 2.24) is 0 Å². The molecule has 4 aliphatic rings. The van der Waals surface area contributed by atoms with Crippen LogP contribution >= 0.6 is 0 Å². The molecule has 5 heteroatoms. The number of benzene rings is 1. The Kier molecular flexibility index (Phi) is 5.82. The van der Waals surface area contributed by atoms with Crippen LogP contribution < -0.4 is 0 Å². The Hall–Kier alpha value is -2.24. The topological polar surface area (TPSA) is 68.1 Å². The highest BCUT2D eigenvalue weighted by Crippen LogP contribution is 2.67. The van der Waals surface area contributed by atoms with E-state index in [2.05, 4.69) is 24.2 Å². The summed E-state index contributed by atoms with van der Waals surface area (Å²) in [5, 5.41) is 12.1. The standard InChI is InChI=1S/C28H35NO4/c1-27-15-24(19-6-4-18(5-7-19)16-29-31)26-22-11-9-21(30)14-20(22)8-10-23(26)25(27)12-13-28(27,33-3)17-32-2/h4-7,14,16,23-25,31H,8-13,15,17H2,1-3H3/t23-,24-,25-,27-,28+/m0/s1. The molecule has 0 unspecified atom stereocenters. The zero-order chi connectivity index (χ0) is 23.2. The van der Waals surface area contributed by atoms with Crippen LogP contribution in [0.15, 0.2) is 52.2 Å². The molecule has 1 N–H and O–H groups in total. The third kappa shape index (κ3) is 3.43. The van der Waals surface area contributed by atoms with E-state index in [9.17, 15) is 4.79 Å². The molecular weight excluding hydrogens is 414 g/mol. The number of carbonyl (C=O) groups excluding carboxylic acids is 1. The Bertz CT molecular complexity index is 1020. The van der Waals surface area contributed by atoms with E-state index in [-0.39, 0.29) is 22.7 Å². The van der Waals surface area contributed by atoms with Crippen molar-refractivity contribution >= 4 is 12.0 Å². The van der Waals surface area contributed by atoms with Gasteiger partial charge >= 0.3 is 0 Å². The lowest BCUT2D eigenvalue weighted by molar-refractivity contribution is -0.149. The number of fused-ring (bicyclic) bond motifs is 4. The summed E-state index contributed by atoms with van der Waals surface area (Å²) >= 11 is 0. The van der Waals surface area contributed by atoms with E-state index < -0.39 is 0 Å². The average Bonchev–Trinajstić information content (AvgIpc) is 3.11. The molecule has 5 atom stereocenters. The molecule has 1 aromatic carbocycles. The Labute approximate surface area is 196 Å². The molecule has 33 heavy (non-hydrogen) atoms. The summed E-state index contributed by atoms with van der Waals surface area (Å²) in [6, 6.07) is 8.42. The third-order valence-corrected chi connectivity index (χ3v) is 9.34. The van der Waals surface area contributed by atoms with Crippen LogP contribution in [-0.4, -0.2) is 43.6 Å². The maximum atomic E-state index is 12.2. The number of allylic oxidation sites excluding steroid dienone is 4. The number of methoxy groups -OCH3 is 2. The average molecular weight is 450 g/mol. The fourth-order valence-electron chi connectivity index (χ4n) is 7.78. The van der Waals surface area contributed by atoms with E-state index in [1.54, 1.807) is 12.7 Å². The Morgan fingerprint density at radius 3 is 2.64 bits per heavy atom. The van der Waals surface area contributed by atoms with Gasteiger partial charge in [-0.2, -0.15) is 0 Å². The predicted octanol–water partition coefficient (Wildman–Crippen LogP) is 5.43. The van der Waals surface area contributed by atoms with Crippen molar-refractivity contribution in [2.75, 3.05) is 20.8 Å². The molecule has 0 bridgehead atoms. The molecule has 2 saturated carbocycles. The number of ketones is 1. The third-order valence-electron chi connectivity index (χ3n) is 9.34. The monoisotopic (exact) mass is 449 g/mol. The molecule has 5 rings (SSSR count). The highest BCUT2D eigenvalue weighted by molar-refractivity contribution is 5.93. The summed E-state index contributed by atoms with van der Waals surface area (Å²) in [6.45, 7) is 3.05. The molecule has 0 heterocycles. The first-order valence-corrected chi connectivity index (χ1v) is 12.2. The van der Waals surface area contributed by atoms with Gasteiger partial charge in [0.25, 0.3) is 0 Å². The fourth-order valence-corrected chi connectivity index (χ4v) is 7.78. The summed E-state index contributed by atoms with van der Waals surface area (Å²) < 4.78 is 12.0. The summed E-state index contributed by atoms with van der Waals surface area (Å²) in [4.78, 5) is 12.2. The molecule has 0 aromatic heterocycles. The molecular formula is C28H35NO4. The van der Waals surface area contributed by atoms with Crippen LogP contribution in [0.4, 0.5) is 0 Å². The zero-order valence-electron chi connectivity index (χ0n) is 20.0. The number of rotatable bonds is 5. The Morgan fingerprint density at radius 2 is 1.94 bits per heavy atom. The van der Waals surface area contributed by atoms with Gasteiger partial charge in [-0.1, -0.05) is 41.9 Å². The maximum Gasteiger partial charge on any atom is 0.156 e. The predicted molar refractivity (Wildman–Crippen MR) is 128 cm³/mol. The van der Waals surface area contributed by atoms with Crippen LogP contribution in [0, 0.1) is 17.3 Å². The highest BCUT2D eigenvalue weighted by Gasteiger charge is 2.63. The first kappa shape index (κ1) is 22.5. The second-order valence-corrected chi connectivity index (χ2v) is 10.6. The van der Waals surface area contributed by atoms with E-state index in [0.29, 0.717) is 24.9 Å². The quantitative estimate of drug-likeness (QED) is 0.370. The van der Waals surface area contributed by atoms with Crippen LogP contribution in [0.3, 0.4) is 0 Å². The molecule has 0 saturated heterocycles. The first-order valence-electron chi connectivity index (χ1n) is 12.2. The van der Waals surface area contributed by atoms with Gasteiger partial charge in [-0.3, -0.25) is 4.79 Å². The van der Waals surface area contributed by atoms with Gasteiger partial charge in [0.15, 0.2) is 5.78 Å². The summed E-state index contributed by atoms with van der Waals surface area (Å²) in [5.74, 6) is 1.64. The van der Waals surface area contributed by atoms with Crippen LogP contribution in [0.25, 0.3) is 0 Å². The van der Waals surface area contributed by atoms with Crippen molar-refractivity contribution in [2.45, 2.75) is 63.4 Å². The van der Waals surface area contributed by atoms with Gasteiger partial charge in [-0.15, -0.1) is 0 Å². The number of hydrogen-bond donors (Lipinski definition) is 1. The fraction of sp³-hybridized carbons (Fsp3) is 0.571. The molecule has 5 nitrogen and oxygen atoms in total. The van der Waals surface area contributed by atoms with E-state index in [1.165, 1.54) is 22.9 Å². The van der Waals surface area contributed by atoms with Crippen LogP contribution in [0.2, 0.25) is 0 Å². The normalized spacial score (nSPS) is 35.9. The lowest BCUT2D eigenvalue weighted by atomic mass is 9.51. The summed E-state index contributed by atoms with van der Waals surface area (Å²) in [7, 11) is 3.64. The van der Waals surface area contributed by atoms with Gasteiger partial charge in [-0.05, 0) is 78.7 Å². The van der Waals surface area contributed by atoms with Crippen molar-refractivity contribution in [3.63, 3.8) is 0 Å². The molecule has 0 amide bonds. The van der Waals surface area contributed by atoms with E-state index in [4.69, 9.17) is 14.7 Å². The van der Waals surface area contributed by atoms with Crippen molar-refractivity contribution in [3.05, 3.63) is 58.2 Å². The molecule has 176 valence electrons. The number of nitrogens with zero attached hydrogens (tertiary/aromatic N) is 1. The van der Waals surface area contributed by atoms with Crippen LogP contribution in [0.5, 0.6) is 0 Å². The van der Waals surface area contributed by atoms with E-state index in [1.807, 2.05) is 25.3 Å². The maximum absolute atomic E-state index is 12.2. The van der Waals surface area contributed by atoms with Gasteiger partial charge in [0.2, 0.25) is 0 Å². The second-order valence-electron chi connectivity index (χ2n) is 10.6. The van der Waals surface area contributed by atoms with Gasteiger partial charge < -0.3 is 14.7 Å². The van der Waals surface area contributed by atoms with Gasteiger partial charge in [0.1, 0.15) is 0 Å². The van der Waals surface area contributed by atoms with Gasteiger partial charge in [0.05, 0.1) is 18.4 Å². The minimum Gasteiger partial charge on any atom is -0.411 e. The lowest BCUT2D eigenvalue weighted by Crippen LogP contribution is -2.54. The van der Waals surface area contributed by atoms with Crippen LogP contribution in [-0.2, 0) is 14.3 Å². The molecule has 0 aliphatic heterocycles. The minimum absolute atomic E-state index is 0.00802. The van der Waals surface area contributed by atoms with Crippen molar-refractivity contribution in [1.29, 1.82) is 0 Å². The smallest absolute Gasteiger partial charge is 0.156 e. The van der Waals surface area contributed by atoms with Gasteiger partial charge in [0, 0.05) is 32.0 Å². The number of hydrogen-bond acceptors (Lipinski definition) is 5. The Morgan fingerprint density at radius 1 is 1.15 bits per heavy atom. The lowest BCUT2D eigenvalue weighted by Gasteiger charge is -2.55. The number of carbonyl (C=O) groups is 1. The summed E-state index contributed by atoms with van der Waals surface area (Å²) in [6.07, 6.45) is 10.2. The zero-order valence-corrected chi connectivity index (χ0v) is 20.0. The number of oxime groups is 1. The highest BCUT2D eigenvalue weighted by atomic mass is 16.5. The van der Waals surface area contributed by atoms with Gasteiger partial charge in [-0.25, -0.2) is 0 Å². The molecule has 4 aliphatic carbocycles. The van der Waals surface area contributed by atoms with E-state index >= 15 is 0 Å². The van der Waals surface area contributed by atoms with Crippen molar-refractivity contribution in [3.8, 4) is 0 Å². The SMILES string of the molecule is COC[C@]1(OC)CC[C@H]2[C@@H]3CCC4=CC(=O)CCC4=C3[C@H](c3ccc(C=NO)cc3)C[C@@]21C. The largest absolute Gasteiger partial charge is 0.411 e. The summed E-state index contributed by atoms with van der Waals surface area (Å²) in [5.41, 5.74) is 6.23. The van der Waals surface area contributed by atoms with Crippen molar-refractivity contribution < 1.29 is 19.5 Å².